The maximum atomic E-state index is 10.5. The molecule has 4 nitrogen and oxygen atoms in total. The van der Waals surface area contributed by atoms with Crippen molar-refractivity contribution in [1.29, 1.82) is 0 Å². The Morgan fingerprint density at radius 1 is 1.45 bits per heavy atom. The summed E-state index contributed by atoms with van der Waals surface area (Å²) in [5, 5.41) is 0. The average molecular weight is 285 g/mol. The van der Waals surface area contributed by atoms with E-state index in [-0.39, 0.29) is 4.90 Å². The Morgan fingerprint density at radius 3 is 2.45 bits per heavy atom. The number of hydrogen-bond donors (Lipinski definition) is 1. The van der Waals surface area contributed by atoms with Crippen LogP contribution in [0.4, 0.5) is 0 Å². The van der Waals surface area contributed by atoms with Crippen molar-refractivity contribution in [3.63, 3.8) is 0 Å². The van der Waals surface area contributed by atoms with E-state index in [9.17, 15) is 8.42 Å². The Balaban J connectivity index is 3.20. The predicted octanol–water partition coefficient (Wildman–Crippen LogP) is 0.933. The SMILES string of the molecule is O=S(=O)(O)c1ccc(I)nc1. The van der Waals surface area contributed by atoms with E-state index in [2.05, 4.69) is 4.98 Å². The molecule has 0 fully saturated rings. The zero-order chi connectivity index (χ0) is 8.48. The molecular formula is C5H4INO3S. The van der Waals surface area contributed by atoms with Crippen molar-refractivity contribution in [3.8, 4) is 0 Å². The quantitative estimate of drug-likeness (QED) is 0.473. The number of halogens is 1. The van der Waals surface area contributed by atoms with Gasteiger partial charge >= 0.3 is 0 Å². The summed E-state index contributed by atoms with van der Waals surface area (Å²) >= 11 is 1.94. The van der Waals surface area contributed by atoms with Crippen LogP contribution < -0.4 is 0 Å². The van der Waals surface area contributed by atoms with Crippen LogP contribution in [-0.4, -0.2) is 18.0 Å². The lowest BCUT2D eigenvalue weighted by Gasteiger charge is -1.94. The van der Waals surface area contributed by atoms with Crippen LogP contribution in [0.15, 0.2) is 23.2 Å². The van der Waals surface area contributed by atoms with E-state index in [0.717, 1.165) is 6.20 Å². The van der Waals surface area contributed by atoms with E-state index in [1.165, 1.54) is 12.1 Å². The Hall–Kier alpha value is -0.210. The molecule has 1 heterocycles. The van der Waals surface area contributed by atoms with Crippen LogP contribution in [0.2, 0.25) is 0 Å². The summed E-state index contributed by atoms with van der Waals surface area (Å²) in [7, 11) is -4.09. The minimum atomic E-state index is -4.09. The second-order valence-corrected chi connectivity index (χ2v) is 4.32. The molecule has 0 aliphatic carbocycles. The van der Waals surface area contributed by atoms with Gasteiger partial charge < -0.3 is 0 Å². The van der Waals surface area contributed by atoms with Crippen LogP contribution in [0.5, 0.6) is 0 Å². The van der Waals surface area contributed by atoms with Gasteiger partial charge in [-0.25, -0.2) is 4.98 Å². The minimum absolute atomic E-state index is 0.182. The van der Waals surface area contributed by atoms with Crippen LogP contribution in [0.3, 0.4) is 0 Å². The molecule has 0 aliphatic heterocycles. The molecule has 0 unspecified atom stereocenters. The van der Waals surface area contributed by atoms with Crippen LogP contribution in [-0.2, 0) is 10.1 Å². The largest absolute Gasteiger partial charge is 0.296 e. The summed E-state index contributed by atoms with van der Waals surface area (Å²) in [4.78, 5) is 3.51. The van der Waals surface area contributed by atoms with E-state index < -0.39 is 10.1 Å². The van der Waals surface area contributed by atoms with E-state index in [4.69, 9.17) is 4.55 Å². The van der Waals surface area contributed by atoms with Gasteiger partial charge in [-0.15, -0.1) is 0 Å². The van der Waals surface area contributed by atoms with Gasteiger partial charge in [0.25, 0.3) is 10.1 Å². The van der Waals surface area contributed by atoms with Crippen LogP contribution in [0.25, 0.3) is 0 Å². The van der Waals surface area contributed by atoms with Gasteiger partial charge in [-0.1, -0.05) is 0 Å². The predicted molar refractivity (Wildman–Crippen MR) is 46.8 cm³/mol. The summed E-state index contributed by atoms with van der Waals surface area (Å²) < 4.78 is 30.1. The van der Waals surface area contributed by atoms with Crippen molar-refractivity contribution in [3.05, 3.63) is 22.0 Å². The fraction of sp³-hybridized carbons (Fsp3) is 0. The molecule has 1 aromatic rings. The first-order valence-electron chi connectivity index (χ1n) is 2.59. The zero-order valence-corrected chi connectivity index (χ0v) is 8.20. The van der Waals surface area contributed by atoms with Gasteiger partial charge in [0.2, 0.25) is 0 Å². The highest BCUT2D eigenvalue weighted by Gasteiger charge is 2.08. The van der Waals surface area contributed by atoms with Gasteiger partial charge in [0.05, 0.1) is 0 Å². The summed E-state index contributed by atoms with van der Waals surface area (Å²) in [5.41, 5.74) is 0. The highest BCUT2D eigenvalue weighted by molar-refractivity contribution is 14.1. The van der Waals surface area contributed by atoms with Gasteiger partial charge in [-0.05, 0) is 34.7 Å². The van der Waals surface area contributed by atoms with Crippen molar-refractivity contribution >= 4 is 32.7 Å². The number of pyridine rings is 1. The topological polar surface area (TPSA) is 67.3 Å². The fourth-order valence-corrected chi connectivity index (χ4v) is 1.26. The van der Waals surface area contributed by atoms with Gasteiger partial charge in [0, 0.05) is 6.20 Å². The lowest BCUT2D eigenvalue weighted by molar-refractivity contribution is 0.482. The molecule has 0 atom stereocenters. The third-order valence-corrected chi connectivity index (χ3v) is 2.47. The molecule has 1 N–H and O–H groups in total. The standard InChI is InChI=1S/C5H4INO3S/c6-5-2-1-4(3-7-5)11(8,9)10/h1-3H,(H,8,9,10). The molecule has 1 rings (SSSR count). The van der Waals surface area contributed by atoms with E-state index in [1.807, 2.05) is 22.6 Å². The Morgan fingerprint density at radius 2 is 2.09 bits per heavy atom. The summed E-state index contributed by atoms with van der Waals surface area (Å²) in [6.45, 7) is 0. The lowest BCUT2D eigenvalue weighted by Crippen LogP contribution is -1.98. The van der Waals surface area contributed by atoms with Crippen LogP contribution in [0, 0.1) is 3.70 Å². The molecule has 0 aromatic carbocycles. The number of hydrogen-bond acceptors (Lipinski definition) is 3. The molecular weight excluding hydrogens is 281 g/mol. The highest BCUT2D eigenvalue weighted by Crippen LogP contribution is 2.07. The molecule has 0 bridgehead atoms. The summed E-state index contributed by atoms with van der Waals surface area (Å²) in [6, 6.07) is 2.80. The Kier molecular flexibility index (Phi) is 2.45. The molecule has 6 heteroatoms. The number of aromatic nitrogens is 1. The molecule has 0 aliphatic rings. The maximum absolute atomic E-state index is 10.5. The van der Waals surface area contributed by atoms with Crippen LogP contribution >= 0.6 is 22.6 Å². The van der Waals surface area contributed by atoms with Gasteiger partial charge in [0.1, 0.15) is 8.60 Å². The smallest absolute Gasteiger partial charge is 0.282 e. The second-order valence-electron chi connectivity index (χ2n) is 1.79. The van der Waals surface area contributed by atoms with E-state index in [1.54, 1.807) is 0 Å². The van der Waals surface area contributed by atoms with Crippen molar-refractivity contribution < 1.29 is 13.0 Å². The molecule has 0 saturated carbocycles. The second kappa shape index (κ2) is 3.03. The first-order valence-corrected chi connectivity index (χ1v) is 5.11. The third kappa shape index (κ3) is 2.38. The molecule has 60 valence electrons. The normalized spacial score (nSPS) is 11.5. The van der Waals surface area contributed by atoms with Gasteiger partial charge in [0.15, 0.2) is 0 Å². The maximum Gasteiger partial charge on any atom is 0.296 e. The highest BCUT2D eigenvalue weighted by atomic mass is 127. The minimum Gasteiger partial charge on any atom is -0.282 e. The zero-order valence-electron chi connectivity index (χ0n) is 5.23. The van der Waals surface area contributed by atoms with Crippen molar-refractivity contribution in [1.82, 2.24) is 4.98 Å². The summed E-state index contributed by atoms with van der Waals surface area (Å²) in [6.07, 6.45) is 1.11. The first kappa shape index (κ1) is 8.88. The molecule has 0 spiro atoms. The number of nitrogens with zero attached hydrogens (tertiary/aromatic N) is 1. The lowest BCUT2D eigenvalue weighted by atomic mass is 10.5. The molecule has 0 amide bonds. The van der Waals surface area contributed by atoms with Crippen molar-refractivity contribution in [2.24, 2.45) is 0 Å². The third-order valence-electron chi connectivity index (χ3n) is 0.998. The molecule has 1 aromatic heterocycles. The van der Waals surface area contributed by atoms with Gasteiger partial charge in [-0.3, -0.25) is 4.55 Å². The molecule has 0 saturated heterocycles. The average Bonchev–Trinajstić information content (AvgIpc) is 1.86. The van der Waals surface area contributed by atoms with E-state index in [0.29, 0.717) is 3.70 Å². The van der Waals surface area contributed by atoms with E-state index >= 15 is 0 Å². The van der Waals surface area contributed by atoms with Crippen LogP contribution in [0.1, 0.15) is 0 Å². The Bertz CT molecular complexity index is 344. The summed E-state index contributed by atoms with van der Waals surface area (Å²) in [5.74, 6) is 0. The van der Waals surface area contributed by atoms with Gasteiger partial charge in [-0.2, -0.15) is 8.42 Å². The molecule has 0 radical (unpaired) electrons. The van der Waals surface area contributed by atoms with Crippen molar-refractivity contribution in [2.45, 2.75) is 4.90 Å². The number of rotatable bonds is 1. The fourth-order valence-electron chi connectivity index (χ4n) is 0.515. The Labute approximate surface area is 77.5 Å². The first-order chi connectivity index (χ1) is 5.00. The van der Waals surface area contributed by atoms with Crippen molar-refractivity contribution in [2.75, 3.05) is 0 Å². The molecule has 11 heavy (non-hydrogen) atoms. The monoisotopic (exact) mass is 285 g/mol.